The lowest BCUT2D eigenvalue weighted by Crippen LogP contribution is -2.34. The molecule has 2 nitrogen and oxygen atoms in total. The maximum Gasteiger partial charge on any atom is 0.0486 e. The highest BCUT2D eigenvalue weighted by atomic mass is 35.5. The van der Waals surface area contributed by atoms with Crippen molar-refractivity contribution in [2.75, 3.05) is 13.2 Å². The molecule has 1 atom stereocenters. The van der Waals surface area contributed by atoms with Gasteiger partial charge in [-0.05, 0) is 31.4 Å². The van der Waals surface area contributed by atoms with Crippen LogP contribution in [0.1, 0.15) is 38.7 Å². The van der Waals surface area contributed by atoms with Gasteiger partial charge in [0, 0.05) is 23.8 Å². The van der Waals surface area contributed by atoms with Crippen LogP contribution in [-0.4, -0.2) is 13.2 Å². The van der Waals surface area contributed by atoms with Gasteiger partial charge >= 0.3 is 0 Å². The minimum atomic E-state index is -0.426. The molecule has 1 aromatic carbocycles. The van der Waals surface area contributed by atoms with Crippen molar-refractivity contribution in [3.63, 3.8) is 0 Å². The Morgan fingerprint density at radius 3 is 2.65 bits per heavy atom. The Balaban J connectivity index is 2.48. The summed E-state index contributed by atoms with van der Waals surface area (Å²) in [5, 5.41) is 0.728. The third kappa shape index (κ3) is 4.66. The van der Waals surface area contributed by atoms with Crippen LogP contribution in [0.5, 0.6) is 0 Å². The van der Waals surface area contributed by atoms with Gasteiger partial charge in [0.05, 0.1) is 0 Å². The van der Waals surface area contributed by atoms with Gasteiger partial charge in [-0.25, -0.2) is 0 Å². The molecule has 0 saturated heterocycles. The number of halogens is 1. The molecule has 0 fully saturated rings. The number of ether oxygens (including phenoxy) is 1. The van der Waals surface area contributed by atoms with E-state index >= 15 is 0 Å². The summed E-state index contributed by atoms with van der Waals surface area (Å²) in [6.45, 7) is 5.64. The lowest BCUT2D eigenvalue weighted by atomic mass is 9.90. The van der Waals surface area contributed by atoms with E-state index in [1.54, 1.807) is 0 Å². The number of hydrogen-bond donors (Lipinski definition) is 1. The molecule has 0 heterocycles. The normalized spacial score (nSPS) is 14.6. The molecular weight excluding hydrogens is 234 g/mol. The molecule has 0 spiro atoms. The second kappa shape index (κ2) is 7.00. The standard InChI is InChI=1S/C14H22ClNO/c1-3-4-10-17-11-9-14(2,16)12-7-5-6-8-13(12)15/h5-8H,3-4,9-11,16H2,1-2H3. The molecule has 1 rings (SSSR count). The van der Waals surface area contributed by atoms with Gasteiger partial charge in [0.1, 0.15) is 0 Å². The zero-order valence-electron chi connectivity index (χ0n) is 10.7. The highest BCUT2D eigenvalue weighted by Gasteiger charge is 2.23. The van der Waals surface area contributed by atoms with E-state index in [2.05, 4.69) is 6.92 Å². The topological polar surface area (TPSA) is 35.2 Å². The summed E-state index contributed by atoms with van der Waals surface area (Å²) in [7, 11) is 0. The lowest BCUT2D eigenvalue weighted by Gasteiger charge is -2.26. The van der Waals surface area contributed by atoms with Crippen molar-refractivity contribution >= 4 is 11.6 Å². The SMILES string of the molecule is CCCCOCCC(C)(N)c1ccccc1Cl. The summed E-state index contributed by atoms with van der Waals surface area (Å²) in [4.78, 5) is 0. The van der Waals surface area contributed by atoms with Crippen LogP contribution in [-0.2, 0) is 10.3 Å². The van der Waals surface area contributed by atoms with E-state index in [9.17, 15) is 0 Å². The second-order valence-electron chi connectivity index (χ2n) is 4.61. The van der Waals surface area contributed by atoms with Crippen molar-refractivity contribution in [1.29, 1.82) is 0 Å². The van der Waals surface area contributed by atoms with Crippen LogP contribution in [0.25, 0.3) is 0 Å². The molecule has 0 aliphatic heterocycles. The molecule has 0 saturated carbocycles. The number of benzene rings is 1. The average molecular weight is 256 g/mol. The first kappa shape index (κ1) is 14.5. The van der Waals surface area contributed by atoms with E-state index in [4.69, 9.17) is 22.1 Å². The first-order valence-electron chi connectivity index (χ1n) is 6.19. The Morgan fingerprint density at radius 1 is 1.29 bits per heavy atom. The van der Waals surface area contributed by atoms with E-state index in [0.717, 1.165) is 36.5 Å². The molecule has 17 heavy (non-hydrogen) atoms. The zero-order chi connectivity index (χ0) is 12.7. The maximum absolute atomic E-state index is 6.29. The highest BCUT2D eigenvalue weighted by molar-refractivity contribution is 6.31. The molecule has 0 aromatic heterocycles. The summed E-state index contributed by atoms with van der Waals surface area (Å²) >= 11 is 6.15. The summed E-state index contributed by atoms with van der Waals surface area (Å²) in [5.41, 5.74) is 6.85. The molecule has 0 aliphatic rings. The summed E-state index contributed by atoms with van der Waals surface area (Å²) < 4.78 is 5.55. The van der Waals surface area contributed by atoms with E-state index in [1.165, 1.54) is 0 Å². The first-order valence-corrected chi connectivity index (χ1v) is 6.57. The Hall–Kier alpha value is -0.570. The number of unbranched alkanes of at least 4 members (excludes halogenated alkanes) is 1. The number of nitrogens with two attached hydrogens (primary N) is 1. The molecule has 1 unspecified atom stereocenters. The van der Waals surface area contributed by atoms with Crippen LogP contribution < -0.4 is 5.73 Å². The van der Waals surface area contributed by atoms with Crippen molar-refractivity contribution in [3.8, 4) is 0 Å². The van der Waals surface area contributed by atoms with Crippen molar-refractivity contribution in [1.82, 2.24) is 0 Å². The molecule has 0 radical (unpaired) electrons. The smallest absolute Gasteiger partial charge is 0.0486 e. The first-order chi connectivity index (χ1) is 8.08. The van der Waals surface area contributed by atoms with Gasteiger partial charge in [0.2, 0.25) is 0 Å². The fraction of sp³-hybridized carbons (Fsp3) is 0.571. The van der Waals surface area contributed by atoms with Crippen LogP contribution in [0, 0.1) is 0 Å². The molecule has 0 aliphatic carbocycles. The summed E-state index contributed by atoms with van der Waals surface area (Å²) in [6.07, 6.45) is 3.04. The predicted octanol–water partition coefficient (Wildman–Crippen LogP) is 3.72. The Labute approximate surface area is 109 Å². The molecule has 0 amide bonds. The van der Waals surface area contributed by atoms with Gasteiger partial charge in [-0.2, -0.15) is 0 Å². The third-order valence-electron chi connectivity index (χ3n) is 2.90. The largest absolute Gasteiger partial charge is 0.381 e. The molecule has 0 bridgehead atoms. The van der Waals surface area contributed by atoms with Crippen molar-refractivity contribution in [2.24, 2.45) is 5.73 Å². The molecule has 2 N–H and O–H groups in total. The van der Waals surface area contributed by atoms with Gasteiger partial charge in [-0.15, -0.1) is 0 Å². The van der Waals surface area contributed by atoms with Crippen LogP contribution >= 0.6 is 11.6 Å². The van der Waals surface area contributed by atoms with Gasteiger partial charge in [0.15, 0.2) is 0 Å². The zero-order valence-corrected chi connectivity index (χ0v) is 11.5. The van der Waals surface area contributed by atoms with Crippen LogP contribution in [0.2, 0.25) is 5.02 Å². The molecule has 3 heteroatoms. The Bertz CT molecular complexity index is 339. The van der Waals surface area contributed by atoms with Gasteiger partial charge < -0.3 is 10.5 Å². The van der Waals surface area contributed by atoms with Gasteiger partial charge in [-0.3, -0.25) is 0 Å². The monoisotopic (exact) mass is 255 g/mol. The fourth-order valence-electron chi connectivity index (χ4n) is 1.69. The van der Waals surface area contributed by atoms with E-state index in [0.29, 0.717) is 6.61 Å². The Kier molecular flexibility index (Phi) is 5.96. The summed E-state index contributed by atoms with van der Waals surface area (Å²) in [6, 6.07) is 7.73. The minimum Gasteiger partial charge on any atom is -0.381 e. The van der Waals surface area contributed by atoms with E-state index in [-0.39, 0.29) is 0 Å². The van der Waals surface area contributed by atoms with Crippen molar-refractivity contribution < 1.29 is 4.74 Å². The highest BCUT2D eigenvalue weighted by Crippen LogP contribution is 2.28. The fourth-order valence-corrected chi connectivity index (χ4v) is 2.04. The quantitative estimate of drug-likeness (QED) is 0.754. The number of rotatable bonds is 7. The van der Waals surface area contributed by atoms with Crippen LogP contribution in [0.3, 0.4) is 0 Å². The average Bonchev–Trinajstić information content (AvgIpc) is 2.29. The number of hydrogen-bond acceptors (Lipinski definition) is 2. The van der Waals surface area contributed by atoms with Crippen molar-refractivity contribution in [2.45, 2.75) is 38.6 Å². The molecule has 96 valence electrons. The predicted molar refractivity (Wildman–Crippen MR) is 73.3 cm³/mol. The third-order valence-corrected chi connectivity index (χ3v) is 3.23. The molecular formula is C14H22ClNO. The second-order valence-corrected chi connectivity index (χ2v) is 5.02. The van der Waals surface area contributed by atoms with E-state index in [1.807, 2.05) is 31.2 Å². The van der Waals surface area contributed by atoms with E-state index < -0.39 is 5.54 Å². The van der Waals surface area contributed by atoms with Crippen LogP contribution in [0.4, 0.5) is 0 Å². The van der Waals surface area contributed by atoms with Crippen LogP contribution in [0.15, 0.2) is 24.3 Å². The lowest BCUT2D eigenvalue weighted by molar-refractivity contribution is 0.114. The van der Waals surface area contributed by atoms with Gasteiger partial charge in [0.25, 0.3) is 0 Å². The van der Waals surface area contributed by atoms with Crippen molar-refractivity contribution in [3.05, 3.63) is 34.9 Å². The minimum absolute atomic E-state index is 0.426. The molecule has 1 aromatic rings. The summed E-state index contributed by atoms with van der Waals surface area (Å²) in [5.74, 6) is 0. The Morgan fingerprint density at radius 2 is 2.00 bits per heavy atom. The maximum atomic E-state index is 6.29. The van der Waals surface area contributed by atoms with Gasteiger partial charge in [-0.1, -0.05) is 43.1 Å².